The Morgan fingerprint density at radius 2 is 2.20 bits per heavy atom. The van der Waals surface area contributed by atoms with Crippen molar-refractivity contribution in [1.29, 1.82) is 0 Å². The highest BCUT2D eigenvalue weighted by molar-refractivity contribution is 5.98. The maximum absolute atomic E-state index is 12.4. The van der Waals surface area contributed by atoms with Crippen molar-refractivity contribution < 1.29 is 9.53 Å². The van der Waals surface area contributed by atoms with Crippen LogP contribution in [0.5, 0.6) is 5.75 Å². The van der Waals surface area contributed by atoms with Crippen LogP contribution in [-0.4, -0.2) is 19.1 Å². The number of amides is 1. The number of benzene rings is 1. The smallest absolute Gasteiger partial charge is 0.255 e. The fourth-order valence-electron chi connectivity index (χ4n) is 3.18. The highest BCUT2D eigenvalue weighted by atomic mass is 16.5. The highest BCUT2D eigenvalue weighted by Gasteiger charge is 2.32. The molecule has 1 aromatic rings. The molecule has 1 amide bonds. The summed E-state index contributed by atoms with van der Waals surface area (Å²) < 4.78 is 5.24. The van der Waals surface area contributed by atoms with Crippen LogP contribution in [0.4, 0.5) is 5.69 Å². The summed E-state index contributed by atoms with van der Waals surface area (Å²) >= 11 is 0. The third kappa shape index (κ3) is 2.89. The first kappa shape index (κ1) is 14.7. The fraction of sp³-hybridized carbons (Fsp3) is 0.562. The molecule has 0 saturated heterocycles. The van der Waals surface area contributed by atoms with Crippen molar-refractivity contribution in [3.8, 4) is 5.75 Å². The number of methoxy groups -OCH3 is 1. The molecule has 4 nitrogen and oxygen atoms in total. The molecule has 3 atom stereocenters. The van der Waals surface area contributed by atoms with Crippen LogP contribution >= 0.6 is 0 Å². The van der Waals surface area contributed by atoms with Crippen LogP contribution in [0.25, 0.3) is 0 Å². The zero-order chi connectivity index (χ0) is 14.7. The zero-order valence-corrected chi connectivity index (χ0v) is 12.5. The van der Waals surface area contributed by atoms with Gasteiger partial charge < -0.3 is 15.8 Å². The van der Waals surface area contributed by atoms with Crippen molar-refractivity contribution in [3.05, 3.63) is 23.8 Å². The van der Waals surface area contributed by atoms with Gasteiger partial charge in [0.1, 0.15) is 5.75 Å². The maximum atomic E-state index is 12.4. The van der Waals surface area contributed by atoms with Crippen molar-refractivity contribution in [2.24, 2.45) is 11.8 Å². The molecule has 0 heterocycles. The second-order valence-electron chi connectivity index (χ2n) is 5.64. The predicted octanol–water partition coefficient (Wildman–Crippen LogP) is 2.83. The molecule has 1 aliphatic carbocycles. The van der Waals surface area contributed by atoms with E-state index in [0.29, 0.717) is 28.8 Å². The Morgan fingerprint density at radius 1 is 1.45 bits per heavy atom. The van der Waals surface area contributed by atoms with E-state index in [4.69, 9.17) is 10.5 Å². The van der Waals surface area contributed by atoms with Gasteiger partial charge in [0.15, 0.2) is 0 Å². The standard InChI is InChI=1S/C16H24N2O2/c1-4-11-5-7-14(10(11)2)18-16(19)13-9-12(17)6-8-15(13)20-3/h6,8-11,14H,4-5,7,17H2,1-3H3,(H,18,19). The summed E-state index contributed by atoms with van der Waals surface area (Å²) in [7, 11) is 1.56. The summed E-state index contributed by atoms with van der Waals surface area (Å²) in [5.74, 6) is 1.70. The van der Waals surface area contributed by atoms with E-state index in [1.165, 1.54) is 12.8 Å². The van der Waals surface area contributed by atoms with Crippen molar-refractivity contribution in [3.63, 3.8) is 0 Å². The zero-order valence-electron chi connectivity index (χ0n) is 12.5. The van der Waals surface area contributed by atoms with Crippen LogP contribution in [-0.2, 0) is 0 Å². The lowest BCUT2D eigenvalue weighted by molar-refractivity contribution is 0.0923. The number of rotatable bonds is 4. The highest BCUT2D eigenvalue weighted by Crippen LogP contribution is 2.34. The van der Waals surface area contributed by atoms with E-state index >= 15 is 0 Å². The monoisotopic (exact) mass is 276 g/mol. The number of carbonyl (C=O) groups excluding carboxylic acids is 1. The van der Waals surface area contributed by atoms with Gasteiger partial charge in [-0.2, -0.15) is 0 Å². The van der Waals surface area contributed by atoms with E-state index < -0.39 is 0 Å². The lowest BCUT2D eigenvalue weighted by atomic mass is 9.93. The number of nitrogen functional groups attached to an aromatic ring is 1. The normalized spacial score (nSPS) is 25.4. The Balaban J connectivity index is 2.11. The van der Waals surface area contributed by atoms with E-state index in [9.17, 15) is 4.79 Å². The first-order valence-corrected chi connectivity index (χ1v) is 7.31. The number of nitrogens with two attached hydrogens (primary N) is 1. The van der Waals surface area contributed by atoms with Crippen molar-refractivity contribution in [2.45, 2.75) is 39.2 Å². The van der Waals surface area contributed by atoms with Crippen LogP contribution in [0.3, 0.4) is 0 Å². The Labute approximate surface area is 120 Å². The van der Waals surface area contributed by atoms with Gasteiger partial charge in [-0.05, 0) is 42.9 Å². The number of ether oxygens (including phenoxy) is 1. The first-order valence-electron chi connectivity index (χ1n) is 7.31. The lowest BCUT2D eigenvalue weighted by Gasteiger charge is -2.21. The number of carbonyl (C=O) groups is 1. The Bertz CT molecular complexity index is 487. The lowest BCUT2D eigenvalue weighted by Crippen LogP contribution is -2.37. The number of hydrogen-bond donors (Lipinski definition) is 2. The Kier molecular flexibility index (Phi) is 4.53. The predicted molar refractivity (Wildman–Crippen MR) is 80.8 cm³/mol. The van der Waals surface area contributed by atoms with Crippen molar-refractivity contribution in [1.82, 2.24) is 5.32 Å². The molecule has 1 aromatic carbocycles. The first-order chi connectivity index (χ1) is 9.56. The molecule has 0 aromatic heterocycles. The Hall–Kier alpha value is -1.71. The molecule has 1 fully saturated rings. The van der Waals surface area contributed by atoms with Gasteiger partial charge >= 0.3 is 0 Å². The van der Waals surface area contributed by atoms with Crippen LogP contribution in [0, 0.1) is 11.8 Å². The fourth-order valence-corrected chi connectivity index (χ4v) is 3.18. The van der Waals surface area contributed by atoms with E-state index in [1.807, 2.05) is 0 Å². The van der Waals surface area contributed by atoms with Gasteiger partial charge in [0.05, 0.1) is 12.7 Å². The van der Waals surface area contributed by atoms with E-state index in [-0.39, 0.29) is 11.9 Å². The van der Waals surface area contributed by atoms with Crippen LogP contribution in [0.15, 0.2) is 18.2 Å². The molecule has 1 aliphatic rings. The molecule has 3 N–H and O–H groups in total. The van der Waals surface area contributed by atoms with E-state index in [2.05, 4.69) is 19.2 Å². The SMILES string of the molecule is CCC1CCC(NC(=O)c2cc(N)ccc2OC)C1C. The summed E-state index contributed by atoms with van der Waals surface area (Å²) in [6, 6.07) is 5.39. The molecule has 20 heavy (non-hydrogen) atoms. The molecule has 0 bridgehead atoms. The topological polar surface area (TPSA) is 64.4 Å². The molecule has 4 heteroatoms. The molecule has 0 spiro atoms. The Morgan fingerprint density at radius 3 is 2.80 bits per heavy atom. The molecule has 0 aliphatic heterocycles. The average molecular weight is 276 g/mol. The van der Waals surface area contributed by atoms with Gasteiger partial charge in [-0.25, -0.2) is 0 Å². The quantitative estimate of drug-likeness (QED) is 0.831. The molecule has 2 rings (SSSR count). The largest absolute Gasteiger partial charge is 0.496 e. The third-order valence-corrected chi connectivity index (χ3v) is 4.54. The van der Waals surface area contributed by atoms with Crippen molar-refractivity contribution in [2.75, 3.05) is 12.8 Å². The minimum Gasteiger partial charge on any atom is -0.496 e. The summed E-state index contributed by atoms with van der Waals surface area (Å²) in [5.41, 5.74) is 6.85. The van der Waals surface area contributed by atoms with E-state index in [1.54, 1.807) is 25.3 Å². The molecule has 0 radical (unpaired) electrons. The van der Waals surface area contributed by atoms with Crippen LogP contribution in [0.2, 0.25) is 0 Å². The summed E-state index contributed by atoms with van der Waals surface area (Å²) in [5, 5.41) is 3.14. The molecule has 3 unspecified atom stereocenters. The minimum atomic E-state index is -0.0947. The van der Waals surface area contributed by atoms with Gasteiger partial charge in [0.25, 0.3) is 5.91 Å². The number of nitrogens with one attached hydrogen (secondary N) is 1. The number of hydrogen-bond acceptors (Lipinski definition) is 3. The maximum Gasteiger partial charge on any atom is 0.255 e. The second-order valence-corrected chi connectivity index (χ2v) is 5.64. The second kappa shape index (κ2) is 6.16. The van der Waals surface area contributed by atoms with Gasteiger partial charge in [-0.3, -0.25) is 4.79 Å². The summed E-state index contributed by atoms with van der Waals surface area (Å²) in [4.78, 5) is 12.4. The molecule has 1 saturated carbocycles. The van der Waals surface area contributed by atoms with Gasteiger partial charge in [-0.15, -0.1) is 0 Å². The van der Waals surface area contributed by atoms with E-state index in [0.717, 1.165) is 6.42 Å². The van der Waals surface area contributed by atoms with Gasteiger partial charge in [0.2, 0.25) is 0 Å². The van der Waals surface area contributed by atoms with Gasteiger partial charge in [0, 0.05) is 11.7 Å². The van der Waals surface area contributed by atoms with Crippen LogP contribution < -0.4 is 15.8 Å². The summed E-state index contributed by atoms with van der Waals surface area (Å²) in [6.45, 7) is 4.44. The third-order valence-electron chi connectivity index (χ3n) is 4.54. The number of anilines is 1. The molecular weight excluding hydrogens is 252 g/mol. The minimum absolute atomic E-state index is 0.0947. The van der Waals surface area contributed by atoms with Crippen molar-refractivity contribution >= 4 is 11.6 Å². The summed E-state index contributed by atoms with van der Waals surface area (Å²) in [6.07, 6.45) is 3.42. The van der Waals surface area contributed by atoms with Gasteiger partial charge in [-0.1, -0.05) is 20.3 Å². The van der Waals surface area contributed by atoms with Crippen LogP contribution in [0.1, 0.15) is 43.5 Å². The average Bonchev–Trinajstić information content (AvgIpc) is 2.79. The molecule has 110 valence electrons. The molecular formula is C16H24N2O2.